The number of aliphatic imine (C=N–C) groups is 1. The summed E-state index contributed by atoms with van der Waals surface area (Å²) >= 11 is 0. The number of nitrogens with zero attached hydrogens (tertiary/aromatic N) is 2. The van der Waals surface area contributed by atoms with Crippen molar-refractivity contribution in [2.45, 2.75) is 57.1 Å². The van der Waals surface area contributed by atoms with Gasteiger partial charge in [-0.15, -0.1) is 24.0 Å². The minimum atomic E-state index is -0.628. The van der Waals surface area contributed by atoms with Crippen molar-refractivity contribution in [2.75, 3.05) is 33.3 Å². The van der Waals surface area contributed by atoms with Crippen molar-refractivity contribution >= 4 is 36.0 Å². The van der Waals surface area contributed by atoms with Gasteiger partial charge in [-0.25, -0.2) is 4.79 Å². The second-order valence-electron chi connectivity index (χ2n) is 6.50. The van der Waals surface area contributed by atoms with Gasteiger partial charge in [0.1, 0.15) is 0 Å². The monoisotopic (exact) mass is 454 g/mol. The number of halogens is 1. The van der Waals surface area contributed by atoms with E-state index in [-0.39, 0.29) is 36.1 Å². The third kappa shape index (κ3) is 6.27. The molecule has 1 saturated heterocycles. The fourth-order valence-corrected chi connectivity index (χ4v) is 3.27. The van der Waals surface area contributed by atoms with E-state index in [4.69, 9.17) is 4.74 Å². The minimum absolute atomic E-state index is 0. The highest BCUT2D eigenvalue weighted by molar-refractivity contribution is 14.0. The van der Waals surface area contributed by atoms with Gasteiger partial charge >= 0.3 is 6.09 Å². The summed E-state index contributed by atoms with van der Waals surface area (Å²) in [4.78, 5) is 17.8. The zero-order valence-corrected chi connectivity index (χ0v) is 17.0. The summed E-state index contributed by atoms with van der Waals surface area (Å²) in [6.07, 6.45) is 5.32. The van der Waals surface area contributed by atoms with E-state index in [0.29, 0.717) is 19.6 Å². The molecule has 3 N–H and O–H groups in total. The van der Waals surface area contributed by atoms with Crippen LogP contribution in [-0.2, 0) is 4.74 Å². The SMILES string of the molecule is CCNC(=NCC1(O)CCCC1)NC1CCN(C(=O)OC)CC1.I. The molecular weight excluding hydrogens is 423 g/mol. The van der Waals surface area contributed by atoms with Crippen LogP contribution in [0.25, 0.3) is 0 Å². The van der Waals surface area contributed by atoms with E-state index in [0.717, 1.165) is 51.0 Å². The Morgan fingerprint density at radius 3 is 2.50 bits per heavy atom. The highest BCUT2D eigenvalue weighted by atomic mass is 127. The van der Waals surface area contributed by atoms with Crippen LogP contribution in [0.4, 0.5) is 4.79 Å². The number of rotatable bonds is 4. The molecule has 24 heavy (non-hydrogen) atoms. The number of methoxy groups -OCH3 is 1. The molecule has 7 nitrogen and oxygen atoms in total. The van der Waals surface area contributed by atoms with Crippen LogP contribution in [0, 0.1) is 0 Å². The number of nitrogens with one attached hydrogen (secondary N) is 2. The van der Waals surface area contributed by atoms with Gasteiger partial charge in [-0.3, -0.25) is 4.99 Å². The summed E-state index contributed by atoms with van der Waals surface area (Å²) in [5, 5.41) is 17.1. The molecule has 0 radical (unpaired) electrons. The van der Waals surface area contributed by atoms with E-state index in [2.05, 4.69) is 15.6 Å². The van der Waals surface area contributed by atoms with Crippen molar-refractivity contribution in [3.63, 3.8) is 0 Å². The Kier molecular flexibility index (Phi) is 9.11. The van der Waals surface area contributed by atoms with E-state index >= 15 is 0 Å². The van der Waals surface area contributed by atoms with Gasteiger partial charge in [0.25, 0.3) is 0 Å². The number of hydrogen-bond acceptors (Lipinski definition) is 4. The Bertz CT molecular complexity index is 420. The lowest BCUT2D eigenvalue weighted by Gasteiger charge is -2.32. The number of carbonyl (C=O) groups excluding carboxylic acids is 1. The second kappa shape index (κ2) is 10.3. The number of carbonyl (C=O) groups is 1. The summed E-state index contributed by atoms with van der Waals surface area (Å²) in [6, 6.07) is 0.284. The quantitative estimate of drug-likeness (QED) is 0.342. The maximum absolute atomic E-state index is 11.5. The van der Waals surface area contributed by atoms with Crippen LogP contribution >= 0.6 is 24.0 Å². The first-order valence-electron chi connectivity index (χ1n) is 8.66. The minimum Gasteiger partial charge on any atom is -0.453 e. The highest BCUT2D eigenvalue weighted by Crippen LogP contribution is 2.29. The third-order valence-corrected chi connectivity index (χ3v) is 4.68. The highest BCUT2D eigenvalue weighted by Gasteiger charge is 2.31. The van der Waals surface area contributed by atoms with Crippen LogP contribution in [0.3, 0.4) is 0 Å². The average Bonchev–Trinajstić information content (AvgIpc) is 3.00. The molecule has 2 aliphatic rings. The third-order valence-electron chi connectivity index (χ3n) is 4.68. The number of ether oxygens (including phenoxy) is 1. The van der Waals surface area contributed by atoms with Gasteiger partial charge in [0.15, 0.2) is 5.96 Å². The van der Waals surface area contributed by atoms with Gasteiger partial charge in [0.05, 0.1) is 19.3 Å². The summed E-state index contributed by atoms with van der Waals surface area (Å²) in [5.41, 5.74) is -0.628. The molecule has 0 atom stereocenters. The molecule has 0 spiro atoms. The first-order chi connectivity index (χ1) is 11.1. The zero-order chi connectivity index (χ0) is 16.7. The van der Waals surface area contributed by atoms with Crippen LogP contribution < -0.4 is 10.6 Å². The van der Waals surface area contributed by atoms with Gasteiger partial charge < -0.3 is 25.4 Å². The van der Waals surface area contributed by atoms with Crippen LogP contribution in [0.1, 0.15) is 45.4 Å². The molecule has 1 heterocycles. The Labute approximate surface area is 161 Å². The van der Waals surface area contributed by atoms with Crippen molar-refractivity contribution in [2.24, 2.45) is 4.99 Å². The summed E-state index contributed by atoms with van der Waals surface area (Å²) < 4.78 is 4.75. The van der Waals surface area contributed by atoms with Crippen molar-refractivity contribution < 1.29 is 14.6 Å². The van der Waals surface area contributed by atoms with E-state index in [1.54, 1.807) is 4.90 Å². The largest absolute Gasteiger partial charge is 0.453 e. The van der Waals surface area contributed by atoms with Crippen LogP contribution in [0.15, 0.2) is 4.99 Å². The predicted molar refractivity (Wildman–Crippen MR) is 105 cm³/mol. The van der Waals surface area contributed by atoms with Crippen molar-refractivity contribution in [1.82, 2.24) is 15.5 Å². The molecule has 8 heteroatoms. The Morgan fingerprint density at radius 1 is 1.33 bits per heavy atom. The van der Waals surface area contributed by atoms with Gasteiger partial charge in [0.2, 0.25) is 0 Å². The number of aliphatic hydroxyl groups is 1. The lowest BCUT2D eigenvalue weighted by molar-refractivity contribution is 0.0573. The number of piperidine rings is 1. The van der Waals surface area contributed by atoms with Gasteiger partial charge in [-0.05, 0) is 32.6 Å². The van der Waals surface area contributed by atoms with Crippen LogP contribution in [-0.4, -0.2) is 67.0 Å². The topological polar surface area (TPSA) is 86.2 Å². The van der Waals surface area contributed by atoms with Gasteiger partial charge in [-0.1, -0.05) is 12.8 Å². The van der Waals surface area contributed by atoms with E-state index in [1.807, 2.05) is 6.92 Å². The first kappa shape index (κ1) is 21.3. The fraction of sp³-hybridized carbons (Fsp3) is 0.875. The van der Waals surface area contributed by atoms with Gasteiger partial charge in [0, 0.05) is 25.7 Å². The number of guanidine groups is 1. The summed E-state index contributed by atoms with van der Waals surface area (Å²) in [7, 11) is 1.41. The smallest absolute Gasteiger partial charge is 0.409 e. The average molecular weight is 454 g/mol. The molecule has 0 aromatic heterocycles. The van der Waals surface area contributed by atoms with Crippen molar-refractivity contribution in [3.8, 4) is 0 Å². The first-order valence-corrected chi connectivity index (χ1v) is 8.66. The van der Waals surface area contributed by atoms with Crippen molar-refractivity contribution in [1.29, 1.82) is 0 Å². The Balaban J connectivity index is 0.00000288. The van der Waals surface area contributed by atoms with Gasteiger partial charge in [-0.2, -0.15) is 0 Å². The molecule has 1 saturated carbocycles. The summed E-state index contributed by atoms with van der Waals surface area (Å²) in [5.74, 6) is 0.754. The normalized spacial score (nSPS) is 21.1. The fourth-order valence-electron chi connectivity index (χ4n) is 3.27. The van der Waals surface area contributed by atoms with Crippen LogP contribution in [0.2, 0.25) is 0 Å². The molecule has 1 aliphatic carbocycles. The molecule has 0 aromatic rings. The van der Waals surface area contributed by atoms with Crippen molar-refractivity contribution in [3.05, 3.63) is 0 Å². The standard InChI is InChI=1S/C16H30N4O3.HI/c1-3-17-14(18-12-16(22)8-4-5-9-16)19-13-6-10-20(11-7-13)15(21)23-2;/h13,22H,3-12H2,1-2H3,(H2,17,18,19);1H. The van der Waals surface area contributed by atoms with E-state index < -0.39 is 5.60 Å². The molecule has 140 valence electrons. The maximum atomic E-state index is 11.5. The molecule has 2 fully saturated rings. The second-order valence-corrected chi connectivity index (χ2v) is 6.50. The number of hydrogen-bond donors (Lipinski definition) is 3. The van der Waals surface area contributed by atoms with E-state index in [9.17, 15) is 9.90 Å². The summed E-state index contributed by atoms with van der Waals surface area (Å²) in [6.45, 7) is 4.64. The maximum Gasteiger partial charge on any atom is 0.409 e. The lowest BCUT2D eigenvalue weighted by atomic mass is 10.0. The molecule has 1 amide bonds. The van der Waals surface area contributed by atoms with E-state index in [1.165, 1.54) is 7.11 Å². The molecular formula is C16H31IN4O3. The molecule has 2 rings (SSSR count). The van der Waals surface area contributed by atoms with Crippen LogP contribution in [0.5, 0.6) is 0 Å². The number of amides is 1. The Hall–Kier alpha value is -0.770. The Morgan fingerprint density at radius 2 is 1.96 bits per heavy atom. The zero-order valence-electron chi connectivity index (χ0n) is 14.7. The molecule has 0 bridgehead atoms. The molecule has 0 aromatic carbocycles. The lowest BCUT2D eigenvalue weighted by Crippen LogP contribution is -2.50. The number of likely N-dealkylation sites (tertiary alicyclic amines) is 1. The predicted octanol–water partition coefficient (Wildman–Crippen LogP) is 1.70. The molecule has 0 unspecified atom stereocenters. The molecule has 1 aliphatic heterocycles.